The molecule has 0 radical (unpaired) electrons. The molecular formula is C12H12N2O3. The number of nitrogens with one attached hydrogen (secondary N) is 2. The zero-order chi connectivity index (χ0) is 12.3. The molecule has 17 heavy (non-hydrogen) atoms. The summed E-state index contributed by atoms with van der Waals surface area (Å²) in [5.74, 6) is -0.226. The first-order valence-electron chi connectivity index (χ1n) is 5.12. The van der Waals surface area contributed by atoms with Gasteiger partial charge in [0, 0.05) is 12.7 Å². The molecule has 0 aliphatic carbocycles. The van der Waals surface area contributed by atoms with Gasteiger partial charge in [-0.25, -0.2) is 4.79 Å². The van der Waals surface area contributed by atoms with Crippen molar-refractivity contribution in [1.82, 2.24) is 9.97 Å². The van der Waals surface area contributed by atoms with Crippen molar-refractivity contribution in [3.63, 3.8) is 0 Å². The van der Waals surface area contributed by atoms with Crippen molar-refractivity contribution >= 4 is 5.78 Å². The van der Waals surface area contributed by atoms with Crippen LogP contribution < -0.4 is 5.69 Å². The number of rotatable bonds is 4. The molecule has 0 aliphatic heterocycles. The van der Waals surface area contributed by atoms with E-state index in [1.165, 1.54) is 7.11 Å². The lowest BCUT2D eigenvalue weighted by atomic mass is 10.1. The molecule has 0 aliphatic rings. The lowest BCUT2D eigenvalue weighted by molar-refractivity contribution is 0.102. The monoisotopic (exact) mass is 232 g/mol. The molecule has 1 aromatic heterocycles. The molecule has 2 N–H and O–H groups in total. The Kier molecular flexibility index (Phi) is 3.20. The fraction of sp³-hybridized carbons (Fsp3) is 0.167. The van der Waals surface area contributed by atoms with E-state index < -0.39 is 5.69 Å². The molecule has 1 aromatic carbocycles. The molecular weight excluding hydrogens is 220 g/mol. The Bertz CT molecular complexity index is 569. The van der Waals surface area contributed by atoms with Gasteiger partial charge < -0.3 is 14.7 Å². The second-order valence-corrected chi connectivity index (χ2v) is 3.56. The third-order valence-corrected chi connectivity index (χ3v) is 2.36. The van der Waals surface area contributed by atoms with Gasteiger partial charge in [-0.15, -0.1) is 0 Å². The van der Waals surface area contributed by atoms with Gasteiger partial charge in [0.15, 0.2) is 0 Å². The first-order chi connectivity index (χ1) is 8.22. The third kappa shape index (κ3) is 2.34. The highest BCUT2D eigenvalue weighted by Crippen LogP contribution is 2.10. The smallest absolute Gasteiger partial charge is 0.323 e. The van der Waals surface area contributed by atoms with Crippen LogP contribution in [0.1, 0.15) is 21.7 Å². The largest absolute Gasteiger partial charge is 0.378 e. The van der Waals surface area contributed by atoms with Crippen LogP contribution in [0.25, 0.3) is 0 Å². The van der Waals surface area contributed by atoms with Crippen LogP contribution in [0.5, 0.6) is 0 Å². The van der Waals surface area contributed by atoms with Gasteiger partial charge in [0.1, 0.15) is 5.69 Å². The maximum Gasteiger partial charge on any atom is 0.323 e. The van der Waals surface area contributed by atoms with Gasteiger partial charge >= 0.3 is 5.69 Å². The van der Waals surface area contributed by atoms with Crippen LogP contribution in [0.3, 0.4) is 0 Å². The number of hydrogen-bond acceptors (Lipinski definition) is 3. The van der Waals surface area contributed by atoms with Crippen molar-refractivity contribution in [2.75, 3.05) is 7.11 Å². The maximum atomic E-state index is 12.1. The normalized spacial score (nSPS) is 10.4. The van der Waals surface area contributed by atoms with Crippen molar-refractivity contribution in [1.29, 1.82) is 0 Å². The molecule has 0 saturated heterocycles. The molecule has 1 heterocycles. The van der Waals surface area contributed by atoms with E-state index in [0.717, 1.165) is 0 Å². The topological polar surface area (TPSA) is 75.0 Å². The molecule has 5 nitrogen and oxygen atoms in total. The Hall–Kier alpha value is -2.14. The van der Waals surface area contributed by atoms with E-state index in [4.69, 9.17) is 4.74 Å². The van der Waals surface area contributed by atoms with E-state index in [-0.39, 0.29) is 18.1 Å². The van der Waals surface area contributed by atoms with E-state index >= 15 is 0 Å². The van der Waals surface area contributed by atoms with E-state index in [9.17, 15) is 9.59 Å². The maximum absolute atomic E-state index is 12.1. The molecule has 0 atom stereocenters. The van der Waals surface area contributed by atoms with Gasteiger partial charge in [0.2, 0.25) is 5.78 Å². The Labute approximate surface area is 97.4 Å². The molecule has 0 amide bonds. The standard InChI is InChI=1S/C12H12N2O3/c1-17-7-9-10(14-12(16)13-9)11(15)8-5-3-2-4-6-8/h2-6H,7H2,1H3,(H2,13,14,16). The first kappa shape index (κ1) is 11.3. The zero-order valence-electron chi connectivity index (χ0n) is 9.32. The van der Waals surface area contributed by atoms with Gasteiger partial charge in [-0.3, -0.25) is 4.79 Å². The summed E-state index contributed by atoms with van der Waals surface area (Å²) >= 11 is 0. The summed E-state index contributed by atoms with van der Waals surface area (Å²) in [7, 11) is 1.50. The Balaban J connectivity index is 2.40. The summed E-state index contributed by atoms with van der Waals surface area (Å²) in [6.07, 6.45) is 0. The van der Waals surface area contributed by atoms with Crippen LogP contribution in [0.2, 0.25) is 0 Å². The number of aromatic nitrogens is 2. The van der Waals surface area contributed by atoms with Gasteiger partial charge in [-0.2, -0.15) is 0 Å². The molecule has 2 aromatic rings. The van der Waals surface area contributed by atoms with Crippen LogP contribution in [0, 0.1) is 0 Å². The third-order valence-electron chi connectivity index (χ3n) is 2.36. The minimum absolute atomic E-state index is 0.187. The summed E-state index contributed by atoms with van der Waals surface area (Å²) in [6, 6.07) is 8.77. The van der Waals surface area contributed by atoms with Gasteiger partial charge in [-0.05, 0) is 0 Å². The number of carbonyl (C=O) groups is 1. The Morgan fingerprint density at radius 2 is 1.94 bits per heavy atom. The number of aromatic amines is 2. The Morgan fingerprint density at radius 3 is 2.59 bits per heavy atom. The molecule has 0 spiro atoms. The van der Waals surface area contributed by atoms with Crippen LogP contribution in [-0.4, -0.2) is 22.9 Å². The van der Waals surface area contributed by atoms with Crippen LogP contribution in [0.4, 0.5) is 0 Å². The molecule has 5 heteroatoms. The van der Waals surface area contributed by atoms with E-state index in [2.05, 4.69) is 9.97 Å². The van der Waals surface area contributed by atoms with Crippen LogP contribution in [-0.2, 0) is 11.3 Å². The highest BCUT2D eigenvalue weighted by atomic mass is 16.5. The highest BCUT2D eigenvalue weighted by molar-refractivity contribution is 6.08. The fourth-order valence-corrected chi connectivity index (χ4v) is 1.60. The number of ketones is 1. The lowest BCUT2D eigenvalue weighted by Gasteiger charge is -2.01. The van der Waals surface area contributed by atoms with Crippen molar-refractivity contribution in [2.45, 2.75) is 6.61 Å². The van der Waals surface area contributed by atoms with E-state index in [1.807, 2.05) is 6.07 Å². The summed E-state index contributed by atoms with van der Waals surface area (Å²) < 4.78 is 4.93. The molecule has 0 saturated carbocycles. The Morgan fingerprint density at radius 1 is 1.24 bits per heavy atom. The fourth-order valence-electron chi connectivity index (χ4n) is 1.60. The molecule has 0 unspecified atom stereocenters. The predicted octanol–water partition coefficient (Wildman–Crippen LogP) is 1.08. The van der Waals surface area contributed by atoms with Crippen molar-refractivity contribution < 1.29 is 9.53 Å². The number of benzene rings is 1. The van der Waals surface area contributed by atoms with Crippen LogP contribution in [0.15, 0.2) is 35.1 Å². The minimum Gasteiger partial charge on any atom is -0.378 e. The van der Waals surface area contributed by atoms with E-state index in [1.54, 1.807) is 24.3 Å². The van der Waals surface area contributed by atoms with Crippen molar-refractivity contribution in [2.24, 2.45) is 0 Å². The number of ether oxygens (including phenoxy) is 1. The predicted molar refractivity (Wildman–Crippen MR) is 62.0 cm³/mol. The highest BCUT2D eigenvalue weighted by Gasteiger charge is 2.16. The molecule has 0 bridgehead atoms. The zero-order valence-corrected chi connectivity index (χ0v) is 9.32. The number of imidazole rings is 1. The average Bonchev–Trinajstić information content (AvgIpc) is 2.71. The number of H-pyrrole nitrogens is 2. The second-order valence-electron chi connectivity index (χ2n) is 3.56. The van der Waals surface area contributed by atoms with Crippen molar-refractivity contribution in [3.05, 3.63) is 57.8 Å². The average molecular weight is 232 g/mol. The number of methoxy groups -OCH3 is 1. The van der Waals surface area contributed by atoms with Gasteiger partial charge in [0.05, 0.1) is 12.3 Å². The molecule has 2 rings (SSSR count). The van der Waals surface area contributed by atoms with Crippen molar-refractivity contribution in [3.8, 4) is 0 Å². The lowest BCUT2D eigenvalue weighted by Crippen LogP contribution is -2.07. The summed E-state index contributed by atoms with van der Waals surface area (Å²) in [4.78, 5) is 28.3. The number of carbonyl (C=O) groups excluding carboxylic acids is 1. The number of hydrogen-bond donors (Lipinski definition) is 2. The second kappa shape index (κ2) is 4.80. The summed E-state index contributed by atoms with van der Waals surface area (Å²) in [6.45, 7) is 0.187. The van der Waals surface area contributed by atoms with Crippen LogP contribution >= 0.6 is 0 Å². The summed E-state index contributed by atoms with van der Waals surface area (Å²) in [5.41, 5.74) is 0.839. The first-order valence-corrected chi connectivity index (χ1v) is 5.12. The minimum atomic E-state index is -0.406. The SMILES string of the molecule is COCc1[nH]c(=O)[nH]c1C(=O)c1ccccc1. The van der Waals surface area contributed by atoms with Gasteiger partial charge in [-0.1, -0.05) is 30.3 Å². The molecule has 0 fully saturated rings. The summed E-state index contributed by atoms with van der Waals surface area (Å²) in [5, 5.41) is 0. The molecule has 88 valence electrons. The van der Waals surface area contributed by atoms with E-state index in [0.29, 0.717) is 11.3 Å². The quantitative estimate of drug-likeness (QED) is 0.774. The van der Waals surface area contributed by atoms with Gasteiger partial charge in [0.25, 0.3) is 0 Å².